The quantitative estimate of drug-likeness (QED) is 0.681. The van der Waals surface area contributed by atoms with E-state index >= 15 is 0 Å². The van der Waals surface area contributed by atoms with Gasteiger partial charge in [-0.25, -0.2) is 9.78 Å². The van der Waals surface area contributed by atoms with Gasteiger partial charge in [0.25, 0.3) is 0 Å². The predicted molar refractivity (Wildman–Crippen MR) is 93.9 cm³/mol. The molecule has 128 valence electrons. The summed E-state index contributed by atoms with van der Waals surface area (Å²) in [7, 11) is 0. The third-order valence-electron chi connectivity index (χ3n) is 4.65. The first-order chi connectivity index (χ1) is 12.2. The SMILES string of the molecule is O=C(O)c1ccc(C2CCNC(Oc3cnc4[nH]ccc4c3)C2)cc1. The van der Waals surface area contributed by atoms with Crippen molar-refractivity contribution in [3.63, 3.8) is 0 Å². The third kappa shape index (κ3) is 3.34. The van der Waals surface area contributed by atoms with Crippen LogP contribution in [0.4, 0.5) is 0 Å². The van der Waals surface area contributed by atoms with Crippen molar-refractivity contribution < 1.29 is 14.6 Å². The Hall–Kier alpha value is -2.86. The van der Waals surface area contributed by atoms with Gasteiger partial charge in [0.1, 0.15) is 11.4 Å². The predicted octanol–water partition coefficient (Wildman–Crippen LogP) is 3.13. The van der Waals surface area contributed by atoms with Gasteiger partial charge in [-0.05, 0) is 48.7 Å². The van der Waals surface area contributed by atoms with E-state index in [2.05, 4.69) is 15.3 Å². The van der Waals surface area contributed by atoms with Crippen LogP contribution in [0.15, 0.2) is 48.8 Å². The van der Waals surface area contributed by atoms with E-state index in [0.29, 0.717) is 11.5 Å². The summed E-state index contributed by atoms with van der Waals surface area (Å²) in [6, 6.07) is 11.1. The van der Waals surface area contributed by atoms with E-state index in [1.807, 2.05) is 30.5 Å². The average Bonchev–Trinajstić information content (AvgIpc) is 3.10. The number of H-pyrrole nitrogens is 1. The molecule has 3 heterocycles. The molecule has 0 saturated carbocycles. The second kappa shape index (κ2) is 6.57. The Labute approximate surface area is 144 Å². The van der Waals surface area contributed by atoms with E-state index in [-0.39, 0.29) is 6.23 Å². The lowest BCUT2D eigenvalue weighted by Crippen LogP contribution is -2.41. The molecular weight excluding hydrogens is 318 g/mol. The van der Waals surface area contributed by atoms with Crippen molar-refractivity contribution in [3.05, 3.63) is 59.9 Å². The molecule has 0 amide bonds. The number of hydrogen-bond acceptors (Lipinski definition) is 4. The molecule has 4 rings (SSSR count). The molecule has 1 aromatic carbocycles. The second-order valence-electron chi connectivity index (χ2n) is 6.30. The summed E-state index contributed by atoms with van der Waals surface area (Å²) in [6.07, 6.45) is 5.33. The molecule has 1 saturated heterocycles. The number of piperidine rings is 1. The van der Waals surface area contributed by atoms with Crippen LogP contribution in [0.5, 0.6) is 5.75 Å². The Morgan fingerprint density at radius 2 is 2.08 bits per heavy atom. The molecule has 0 aliphatic carbocycles. The highest BCUT2D eigenvalue weighted by molar-refractivity contribution is 5.87. The highest BCUT2D eigenvalue weighted by atomic mass is 16.5. The standard InChI is InChI=1S/C19H19N3O3/c23-19(24)13-3-1-12(2-4-13)14-5-7-20-17(10-14)25-16-9-15-6-8-21-18(15)22-11-16/h1-4,6,8-9,11,14,17,20H,5,7,10H2,(H,21,22)(H,23,24). The van der Waals surface area contributed by atoms with Crippen molar-refractivity contribution in [3.8, 4) is 5.75 Å². The Balaban J connectivity index is 1.45. The summed E-state index contributed by atoms with van der Waals surface area (Å²) in [5.41, 5.74) is 2.32. The maximum atomic E-state index is 11.0. The number of carbonyl (C=O) groups is 1. The maximum Gasteiger partial charge on any atom is 0.335 e. The summed E-state index contributed by atoms with van der Waals surface area (Å²) in [5, 5.41) is 13.4. The van der Waals surface area contributed by atoms with Crippen LogP contribution < -0.4 is 10.1 Å². The molecule has 0 bridgehead atoms. The van der Waals surface area contributed by atoms with Crippen LogP contribution in [0.3, 0.4) is 0 Å². The fourth-order valence-corrected chi connectivity index (χ4v) is 3.32. The number of aromatic nitrogens is 2. The van der Waals surface area contributed by atoms with Gasteiger partial charge in [-0.15, -0.1) is 0 Å². The van der Waals surface area contributed by atoms with Crippen LogP contribution >= 0.6 is 0 Å². The second-order valence-corrected chi connectivity index (χ2v) is 6.30. The summed E-state index contributed by atoms with van der Waals surface area (Å²) in [5.74, 6) is 0.190. The van der Waals surface area contributed by atoms with Gasteiger partial charge in [-0.1, -0.05) is 12.1 Å². The molecule has 25 heavy (non-hydrogen) atoms. The first-order valence-electron chi connectivity index (χ1n) is 8.35. The molecular formula is C19H19N3O3. The van der Waals surface area contributed by atoms with Gasteiger partial charge in [0.2, 0.25) is 0 Å². The summed E-state index contributed by atoms with van der Waals surface area (Å²) in [4.78, 5) is 18.4. The zero-order chi connectivity index (χ0) is 17.2. The topological polar surface area (TPSA) is 87.2 Å². The van der Waals surface area contributed by atoms with Gasteiger partial charge in [-0.3, -0.25) is 5.32 Å². The van der Waals surface area contributed by atoms with Crippen molar-refractivity contribution >= 4 is 17.0 Å². The minimum Gasteiger partial charge on any atom is -0.478 e. The number of hydrogen-bond donors (Lipinski definition) is 3. The van der Waals surface area contributed by atoms with Gasteiger partial charge in [0.05, 0.1) is 11.8 Å². The van der Waals surface area contributed by atoms with Crippen LogP contribution in [-0.2, 0) is 0 Å². The van der Waals surface area contributed by atoms with Crippen molar-refractivity contribution in [2.45, 2.75) is 25.0 Å². The molecule has 2 aromatic heterocycles. The van der Waals surface area contributed by atoms with E-state index < -0.39 is 5.97 Å². The highest BCUT2D eigenvalue weighted by Gasteiger charge is 2.24. The van der Waals surface area contributed by atoms with Crippen LogP contribution in [0.2, 0.25) is 0 Å². The molecule has 2 unspecified atom stereocenters. The number of aromatic carboxylic acids is 1. The molecule has 0 spiro atoms. The minimum atomic E-state index is -0.897. The number of nitrogens with zero attached hydrogens (tertiary/aromatic N) is 1. The Morgan fingerprint density at radius 3 is 2.88 bits per heavy atom. The fourth-order valence-electron chi connectivity index (χ4n) is 3.32. The number of pyridine rings is 1. The lowest BCUT2D eigenvalue weighted by Gasteiger charge is -2.31. The van der Waals surface area contributed by atoms with Crippen molar-refractivity contribution in [2.75, 3.05) is 6.54 Å². The smallest absolute Gasteiger partial charge is 0.335 e. The van der Waals surface area contributed by atoms with Gasteiger partial charge in [0.15, 0.2) is 6.23 Å². The first kappa shape index (κ1) is 15.7. The molecule has 6 heteroatoms. The van der Waals surface area contributed by atoms with Crippen LogP contribution in [0.1, 0.15) is 34.7 Å². The van der Waals surface area contributed by atoms with Gasteiger partial charge >= 0.3 is 5.97 Å². The molecule has 3 N–H and O–H groups in total. The molecule has 1 fully saturated rings. The number of rotatable bonds is 4. The van der Waals surface area contributed by atoms with Crippen LogP contribution in [0.25, 0.3) is 11.0 Å². The van der Waals surface area contributed by atoms with E-state index in [0.717, 1.165) is 41.7 Å². The number of carboxylic acid groups (broad SMARTS) is 1. The Bertz CT molecular complexity index is 888. The Kier molecular flexibility index (Phi) is 4.11. The lowest BCUT2D eigenvalue weighted by molar-refractivity contribution is 0.0696. The van der Waals surface area contributed by atoms with Crippen molar-refractivity contribution in [1.82, 2.24) is 15.3 Å². The van der Waals surface area contributed by atoms with Crippen LogP contribution in [0, 0.1) is 0 Å². The largest absolute Gasteiger partial charge is 0.478 e. The molecule has 0 radical (unpaired) electrons. The number of ether oxygens (including phenoxy) is 1. The van der Waals surface area contributed by atoms with E-state index in [9.17, 15) is 4.79 Å². The monoisotopic (exact) mass is 337 g/mol. The molecule has 1 aliphatic rings. The van der Waals surface area contributed by atoms with E-state index in [1.54, 1.807) is 18.3 Å². The lowest BCUT2D eigenvalue weighted by atomic mass is 9.89. The fraction of sp³-hybridized carbons (Fsp3) is 0.263. The molecule has 3 aromatic rings. The molecule has 1 aliphatic heterocycles. The molecule has 2 atom stereocenters. The van der Waals surface area contributed by atoms with E-state index in [4.69, 9.17) is 9.84 Å². The summed E-state index contributed by atoms with van der Waals surface area (Å²) in [6.45, 7) is 0.857. The summed E-state index contributed by atoms with van der Waals surface area (Å²) >= 11 is 0. The number of benzene rings is 1. The number of nitrogens with one attached hydrogen (secondary N) is 2. The zero-order valence-electron chi connectivity index (χ0n) is 13.6. The Morgan fingerprint density at radius 1 is 1.24 bits per heavy atom. The van der Waals surface area contributed by atoms with Gasteiger partial charge in [-0.2, -0.15) is 0 Å². The minimum absolute atomic E-state index is 0.0870. The zero-order valence-corrected chi connectivity index (χ0v) is 13.6. The highest BCUT2D eigenvalue weighted by Crippen LogP contribution is 2.29. The van der Waals surface area contributed by atoms with Crippen molar-refractivity contribution in [1.29, 1.82) is 0 Å². The van der Waals surface area contributed by atoms with E-state index in [1.165, 1.54) is 0 Å². The number of aromatic amines is 1. The first-order valence-corrected chi connectivity index (χ1v) is 8.35. The number of carboxylic acids is 1. The normalized spacial score (nSPS) is 20.5. The summed E-state index contributed by atoms with van der Waals surface area (Å²) < 4.78 is 6.06. The average molecular weight is 337 g/mol. The molecule has 6 nitrogen and oxygen atoms in total. The maximum absolute atomic E-state index is 11.0. The van der Waals surface area contributed by atoms with Crippen molar-refractivity contribution in [2.24, 2.45) is 0 Å². The van der Waals surface area contributed by atoms with Crippen LogP contribution in [-0.4, -0.2) is 33.8 Å². The van der Waals surface area contributed by atoms with Gasteiger partial charge < -0.3 is 14.8 Å². The third-order valence-corrected chi connectivity index (χ3v) is 4.65. The van der Waals surface area contributed by atoms with Gasteiger partial charge in [0, 0.05) is 18.0 Å². The number of fused-ring (bicyclic) bond motifs is 1.